The third-order valence-corrected chi connectivity index (χ3v) is 2.28. The van der Waals surface area contributed by atoms with Gasteiger partial charge in [-0.05, 0) is 19.2 Å². The largest absolute Gasteiger partial charge is 0.491 e. The van der Waals surface area contributed by atoms with Crippen molar-refractivity contribution in [3.63, 3.8) is 0 Å². The molecule has 5 heteroatoms. The second kappa shape index (κ2) is 6.35. The van der Waals surface area contributed by atoms with Gasteiger partial charge in [0.15, 0.2) is 0 Å². The van der Waals surface area contributed by atoms with Crippen LogP contribution < -0.4 is 4.74 Å². The molecule has 1 aromatic rings. The van der Waals surface area contributed by atoms with Crippen molar-refractivity contribution in [2.45, 2.75) is 0 Å². The van der Waals surface area contributed by atoms with Gasteiger partial charge in [-0.1, -0.05) is 23.7 Å². The number of halogens is 1. The molecule has 0 amide bonds. The van der Waals surface area contributed by atoms with Crippen molar-refractivity contribution in [1.29, 1.82) is 0 Å². The Balaban J connectivity index is 2.30. The molecule has 0 aliphatic rings. The normalized spacial score (nSPS) is 10.4. The van der Waals surface area contributed by atoms with E-state index >= 15 is 0 Å². The minimum Gasteiger partial charge on any atom is -0.491 e. The number of hydrogen-bond donors (Lipinski definition) is 1. The van der Waals surface area contributed by atoms with E-state index in [-0.39, 0.29) is 6.54 Å². The Kier molecular flexibility index (Phi) is 5.08. The van der Waals surface area contributed by atoms with E-state index in [9.17, 15) is 4.79 Å². The number of hydrogen-bond acceptors (Lipinski definition) is 3. The SMILES string of the molecule is CN(CCOc1ccccc1Cl)CC(=O)O. The summed E-state index contributed by atoms with van der Waals surface area (Å²) in [5, 5.41) is 9.10. The van der Waals surface area contributed by atoms with Gasteiger partial charge >= 0.3 is 5.97 Å². The molecule has 88 valence electrons. The maximum absolute atomic E-state index is 10.4. The Morgan fingerprint density at radius 3 is 2.81 bits per heavy atom. The molecule has 0 saturated heterocycles. The third-order valence-electron chi connectivity index (χ3n) is 1.97. The van der Waals surface area contributed by atoms with Crippen LogP contribution in [0.25, 0.3) is 0 Å². The van der Waals surface area contributed by atoms with E-state index < -0.39 is 5.97 Å². The van der Waals surface area contributed by atoms with Crippen molar-refractivity contribution in [1.82, 2.24) is 4.90 Å². The van der Waals surface area contributed by atoms with Crippen LogP contribution in [-0.2, 0) is 4.79 Å². The van der Waals surface area contributed by atoms with Gasteiger partial charge in [0.05, 0.1) is 11.6 Å². The van der Waals surface area contributed by atoms with Gasteiger partial charge in [0.25, 0.3) is 0 Å². The van der Waals surface area contributed by atoms with Gasteiger partial charge in [-0.15, -0.1) is 0 Å². The number of rotatable bonds is 6. The van der Waals surface area contributed by atoms with Crippen LogP contribution in [0, 0.1) is 0 Å². The summed E-state index contributed by atoms with van der Waals surface area (Å²) in [6.45, 7) is 0.955. The van der Waals surface area contributed by atoms with Gasteiger partial charge in [0.2, 0.25) is 0 Å². The molecule has 0 unspecified atom stereocenters. The van der Waals surface area contributed by atoms with Crippen LogP contribution in [0.1, 0.15) is 0 Å². The monoisotopic (exact) mass is 243 g/mol. The lowest BCUT2D eigenvalue weighted by Gasteiger charge is -2.14. The van der Waals surface area contributed by atoms with Crippen molar-refractivity contribution in [3.8, 4) is 5.75 Å². The molecule has 0 bridgehead atoms. The van der Waals surface area contributed by atoms with Crippen LogP contribution in [0.15, 0.2) is 24.3 Å². The first-order chi connectivity index (χ1) is 7.59. The third kappa shape index (κ3) is 4.51. The molecule has 0 atom stereocenters. The lowest BCUT2D eigenvalue weighted by Crippen LogP contribution is -2.29. The van der Waals surface area contributed by atoms with Gasteiger partial charge in [-0.2, -0.15) is 0 Å². The molecule has 0 aromatic heterocycles. The number of carboxylic acid groups (broad SMARTS) is 1. The zero-order valence-corrected chi connectivity index (χ0v) is 9.78. The zero-order chi connectivity index (χ0) is 12.0. The van der Waals surface area contributed by atoms with Gasteiger partial charge in [0.1, 0.15) is 12.4 Å². The molecule has 0 heterocycles. The number of carbonyl (C=O) groups is 1. The van der Waals surface area contributed by atoms with Crippen molar-refractivity contribution < 1.29 is 14.6 Å². The molecular formula is C11H14ClNO3. The van der Waals surface area contributed by atoms with Crippen molar-refractivity contribution >= 4 is 17.6 Å². The summed E-state index contributed by atoms with van der Waals surface area (Å²) >= 11 is 5.89. The van der Waals surface area contributed by atoms with Crippen molar-refractivity contribution in [2.24, 2.45) is 0 Å². The molecule has 16 heavy (non-hydrogen) atoms. The van der Waals surface area contributed by atoms with Crippen molar-refractivity contribution in [2.75, 3.05) is 26.7 Å². The van der Waals surface area contributed by atoms with Gasteiger partial charge in [-0.25, -0.2) is 0 Å². The average Bonchev–Trinajstić information content (AvgIpc) is 2.19. The topological polar surface area (TPSA) is 49.8 Å². The van der Waals surface area contributed by atoms with Crippen molar-refractivity contribution in [3.05, 3.63) is 29.3 Å². The summed E-state index contributed by atoms with van der Waals surface area (Å²) in [6, 6.07) is 7.19. The average molecular weight is 244 g/mol. The molecule has 1 N–H and O–H groups in total. The number of aliphatic carboxylic acids is 1. The van der Waals surface area contributed by atoms with E-state index in [1.54, 1.807) is 24.1 Å². The van der Waals surface area contributed by atoms with Gasteiger partial charge in [0, 0.05) is 6.54 Å². The highest BCUT2D eigenvalue weighted by Crippen LogP contribution is 2.22. The van der Waals surface area contributed by atoms with Crippen LogP contribution in [-0.4, -0.2) is 42.7 Å². The fourth-order valence-corrected chi connectivity index (χ4v) is 1.37. The number of likely N-dealkylation sites (N-methyl/N-ethyl adjacent to an activating group) is 1. The first-order valence-electron chi connectivity index (χ1n) is 4.87. The Morgan fingerprint density at radius 2 is 2.19 bits per heavy atom. The van der Waals surface area contributed by atoms with Crippen LogP contribution in [0.2, 0.25) is 5.02 Å². The number of carboxylic acids is 1. The first kappa shape index (κ1) is 12.8. The van der Waals surface area contributed by atoms with Crippen LogP contribution in [0.4, 0.5) is 0 Å². The number of benzene rings is 1. The Hall–Kier alpha value is -1.26. The fraction of sp³-hybridized carbons (Fsp3) is 0.364. The minimum atomic E-state index is -0.847. The number of para-hydroxylation sites is 1. The zero-order valence-electron chi connectivity index (χ0n) is 9.02. The molecule has 0 saturated carbocycles. The molecule has 0 spiro atoms. The summed E-state index contributed by atoms with van der Waals surface area (Å²) in [6.07, 6.45) is 0. The molecule has 0 aliphatic heterocycles. The highest BCUT2D eigenvalue weighted by atomic mass is 35.5. The highest BCUT2D eigenvalue weighted by Gasteiger charge is 2.04. The number of nitrogens with zero attached hydrogens (tertiary/aromatic N) is 1. The van der Waals surface area contributed by atoms with E-state index in [4.69, 9.17) is 21.4 Å². The molecule has 1 rings (SSSR count). The van der Waals surface area contributed by atoms with Crippen LogP contribution in [0.5, 0.6) is 5.75 Å². The Labute approximate surface area is 99.4 Å². The summed E-state index contributed by atoms with van der Waals surface area (Å²) in [7, 11) is 1.73. The predicted octanol–water partition coefficient (Wildman–Crippen LogP) is 1.74. The summed E-state index contributed by atoms with van der Waals surface area (Å²) in [5.41, 5.74) is 0. The van der Waals surface area contributed by atoms with E-state index in [0.29, 0.717) is 23.9 Å². The lowest BCUT2D eigenvalue weighted by molar-refractivity contribution is -0.138. The fourth-order valence-electron chi connectivity index (χ4n) is 1.18. The Bertz CT molecular complexity index is 357. The molecule has 0 aliphatic carbocycles. The maximum Gasteiger partial charge on any atom is 0.317 e. The van der Waals surface area contributed by atoms with E-state index in [0.717, 1.165) is 0 Å². The van der Waals surface area contributed by atoms with E-state index in [1.807, 2.05) is 12.1 Å². The lowest BCUT2D eigenvalue weighted by atomic mass is 10.3. The highest BCUT2D eigenvalue weighted by molar-refractivity contribution is 6.32. The standard InChI is InChI=1S/C11H14ClNO3/c1-13(8-11(14)15)6-7-16-10-5-3-2-4-9(10)12/h2-5H,6-8H2,1H3,(H,14,15). The Morgan fingerprint density at radius 1 is 1.50 bits per heavy atom. The van der Waals surface area contributed by atoms with Crippen LogP contribution >= 0.6 is 11.6 Å². The number of ether oxygens (including phenoxy) is 1. The second-order valence-corrected chi connectivity index (χ2v) is 3.82. The summed E-state index contributed by atoms with van der Waals surface area (Å²) < 4.78 is 5.42. The molecule has 0 fully saturated rings. The van der Waals surface area contributed by atoms with Gasteiger partial charge < -0.3 is 9.84 Å². The van der Waals surface area contributed by atoms with E-state index in [2.05, 4.69) is 0 Å². The molecule has 0 radical (unpaired) electrons. The molecule has 1 aromatic carbocycles. The second-order valence-electron chi connectivity index (χ2n) is 3.41. The minimum absolute atomic E-state index is 0.00584. The first-order valence-corrected chi connectivity index (χ1v) is 5.25. The smallest absolute Gasteiger partial charge is 0.317 e. The molecular weight excluding hydrogens is 230 g/mol. The van der Waals surface area contributed by atoms with Crippen LogP contribution in [0.3, 0.4) is 0 Å². The molecule has 4 nitrogen and oxygen atoms in total. The maximum atomic E-state index is 10.4. The summed E-state index contributed by atoms with van der Waals surface area (Å²) in [4.78, 5) is 12.1. The van der Waals surface area contributed by atoms with E-state index in [1.165, 1.54) is 0 Å². The quantitative estimate of drug-likeness (QED) is 0.827. The van der Waals surface area contributed by atoms with Gasteiger partial charge in [-0.3, -0.25) is 9.69 Å². The predicted molar refractivity (Wildman–Crippen MR) is 62.1 cm³/mol. The summed E-state index contributed by atoms with van der Waals surface area (Å²) in [5.74, 6) is -0.229.